The van der Waals surface area contributed by atoms with E-state index in [1.54, 1.807) is 6.08 Å². The highest BCUT2D eigenvalue weighted by Crippen LogP contribution is 2.04. The van der Waals surface area contributed by atoms with Crippen LogP contribution in [0.15, 0.2) is 48.2 Å². The first-order valence-corrected chi connectivity index (χ1v) is 5.59. The molecular weight excluding hydrogens is 246 g/mol. The Morgan fingerprint density at radius 3 is 2.53 bits per heavy atom. The first kappa shape index (κ1) is 14.7. The molecule has 0 spiro atoms. The van der Waals surface area contributed by atoms with Gasteiger partial charge in [-0.3, -0.25) is 4.79 Å². The molecule has 5 nitrogen and oxygen atoms in total. The van der Waals surface area contributed by atoms with Crippen LogP contribution in [0.25, 0.3) is 6.08 Å². The summed E-state index contributed by atoms with van der Waals surface area (Å²) in [6.07, 6.45) is 3.69. The Bertz CT molecular complexity index is 491. The van der Waals surface area contributed by atoms with E-state index in [1.807, 2.05) is 30.3 Å². The van der Waals surface area contributed by atoms with Gasteiger partial charge in [0.15, 0.2) is 0 Å². The molecule has 0 aliphatic rings. The summed E-state index contributed by atoms with van der Waals surface area (Å²) in [5, 5.41) is 11.6. The fourth-order valence-corrected chi connectivity index (χ4v) is 1.28. The number of ether oxygens (including phenoxy) is 1. The largest absolute Gasteiger partial charge is 0.466 e. The number of rotatable bonds is 5. The molecule has 0 heterocycles. The number of hydrogen-bond acceptors (Lipinski definition) is 4. The van der Waals surface area contributed by atoms with Crippen LogP contribution in [0.3, 0.4) is 0 Å². The van der Waals surface area contributed by atoms with E-state index in [0.717, 1.165) is 17.7 Å². The summed E-state index contributed by atoms with van der Waals surface area (Å²) in [7, 11) is 1.22. The quantitative estimate of drug-likeness (QED) is 0.609. The van der Waals surface area contributed by atoms with Crippen molar-refractivity contribution >= 4 is 18.0 Å². The molecule has 0 unspecified atom stereocenters. The average molecular weight is 261 g/mol. The van der Waals surface area contributed by atoms with Gasteiger partial charge in [-0.05, 0) is 11.6 Å². The number of aliphatic hydroxyl groups excluding tert-OH is 1. The van der Waals surface area contributed by atoms with Crippen LogP contribution in [0.4, 0.5) is 0 Å². The van der Waals surface area contributed by atoms with Crippen molar-refractivity contribution in [2.24, 2.45) is 0 Å². The van der Waals surface area contributed by atoms with Crippen molar-refractivity contribution in [2.75, 3.05) is 13.7 Å². The fourth-order valence-electron chi connectivity index (χ4n) is 1.28. The van der Waals surface area contributed by atoms with Crippen LogP contribution in [-0.2, 0) is 14.3 Å². The summed E-state index contributed by atoms with van der Waals surface area (Å²) in [5.74, 6) is -1.13. The van der Waals surface area contributed by atoms with Gasteiger partial charge in [-0.25, -0.2) is 4.79 Å². The zero-order valence-electron chi connectivity index (χ0n) is 10.5. The van der Waals surface area contributed by atoms with E-state index in [1.165, 1.54) is 7.11 Å². The molecule has 0 aliphatic heterocycles. The molecule has 0 aliphatic carbocycles. The third-order valence-electron chi connectivity index (χ3n) is 2.17. The number of amides is 1. The molecule has 19 heavy (non-hydrogen) atoms. The summed E-state index contributed by atoms with van der Waals surface area (Å²) >= 11 is 0. The molecule has 0 radical (unpaired) electrons. The highest BCUT2D eigenvalue weighted by atomic mass is 16.5. The lowest BCUT2D eigenvalue weighted by Crippen LogP contribution is -2.22. The molecule has 0 bridgehead atoms. The smallest absolute Gasteiger partial charge is 0.330 e. The topological polar surface area (TPSA) is 75.6 Å². The van der Waals surface area contributed by atoms with E-state index in [4.69, 9.17) is 5.11 Å². The summed E-state index contributed by atoms with van der Waals surface area (Å²) in [5.41, 5.74) is 1.19. The van der Waals surface area contributed by atoms with Gasteiger partial charge in [0.1, 0.15) is 0 Å². The summed E-state index contributed by atoms with van der Waals surface area (Å²) in [4.78, 5) is 22.3. The van der Waals surface area contributed by atoms with Crippen LogP contribution in [-0.4, -0.2) is 30.7 Å². The molecule has 0 atom stereocenters. The molecule has 0 saturated heterocycles. The molecule has 2 N–H and O–H groups in total. The fraction of sp³-hybridized carbons (Fsp3) is 0.143. The van der Waals surface area contributed by atoms with Crippen molar-refractivity contribution in [1.82, 2.24) is 5.32 Å². The van der Waals surface area contributed by atoms with E-state index in [-0.39, 0.29) is 6.61 Å². The Morgan fingerprint density at radius 1 is 1.26 bits per heavy atom. The number of hydrogen-bond donors (Lipinski definition) is 2. The van der Waals surface area contributed by atoms with Gasteiger partial charge in [-0.2, -0.15) is 0 Å². The lowest BCUT2D eigenvalue weighted by Gasteiger charge is -2.04. The van der Waals surface area contributed by atoms with E-state index >= 15 is 0 Å². The molecule has 0 saturated carbocycles. The van der Waals surface area contributed by atoms with Gasteiger partial charge in [0.25, 0.3) is 0 Å². The Morgan fingerprint density at radius 2 is 1.95 bits per heavy atom. The SMILES string of the molecule is COC(=O)/C=C\C(=O)N/C(=C\c1ccccc1)CO. The number of methoxy groups -OCH3 is 1. The minimum absolute atomic E-state index is 0.313. The predicted molar refractivity (Wildman–Crippen MR) is 70.8 cm³/mol. The predicted octanol–water partition coefficient (Wildman–Crippen LogP) is 0.865. The van der Waals surface area contributed by atoms with Crippen LogP contribution in [0, 0.1) is 0 Å². The Hall–Kier alpha value is -2.40. The average Bonchev–Trinajstić information content (AvgIpc) is 2.45. The lowest BCUT2D eigenvalue weighted by atomic mass is 10.2. The summed E-state index contributed by atoms with van der Waals surface area (Å²) in [6.45, 7) is -0.313. The molecule has 5 heteroatoms. The number of aliphatic hydroxyl groups is 1. The number of benzene rings is 1. The van der Waals surface area contributed by atoms with Gasteiger partial charge < -0.3 is 15.2 Å². The van der Waals surface area contributed by atoms with Crippen molar-refractivity contribution in [3.05, 3.63) is 53.7 Å². The monoisotopic (exact) mass is 261 g/mol. The second kappa shape index (κ2) is 7.84. The molecule has 0 aromatic heterocycles. The highest BCUT2D eigenvalue weighted by molar-refractivity contribution is 5.95. The van der Waals surface area contributed by atoms with Crippen LogP contribution in [0.1, 0.15) is 5.56 Å². The highest BCUT2D eigenvalue weighted by Gasteiger charge is 2.01. The van der Waals surface area contributed by atoms with Crippen molar-refractivity contribution in [3.63, 3.8) is 0 Å². The van der Waals surface area contributed by atoms with E-state index in [0.29, 0.717) is 5.70 Å². The third-order valence-corrected chi connectivity index (χ3v) is 2.17. The van der Waals surface area contributed by atoms with Crippen molar-refractivity contribution in [1.29, 1.82) is 0 Å². The normalized spacial score (nSPS) is 11.4. The molecule has 1 amide bonds. The zero-order chi connectivity index (χ0) is 14.1. The van der Waals surface area contributed by atoms with Gasteiger partial charge in [-0.1, -0.05) is 30.3 Å². The van der Waals surface area contributed by atoms with Gasteiger partial charge in [-0.15, -0.1) is 0 Å². The van der Waals surface area contributed by atoms with Crippen LogP contribution >= 0.6 is 0 Å². The number of carbonyl (C=O) groups excluding carboxylic acids is 2. The van der Waals surface area contributed by atoms with Crippen LogP contribution in [0.2, 0.25) is 0 Å². The molecule has 1 aromatic carbocycles. The van der Waals surface area contributed by atoms with Crippen molar-refractivity contribution in [3.8, 4) is 0 Å². The maximum atomic E-state index is 11.5. The molecule has 100 valence electrons. The molecular formula is C14H15NO4. The van der Waals surface area contributed by atoms with E-state index in [9.17, 15) is 9.59 Å². The molecule has 1 aromatic rings. The van der Waals surface area contributed by atoms with E-state index < -0.39 is 11.9 Å². The second-order valence-corrected chi connectivity index (χ2v) is 3.58. The van der Waals surface area contributed by atoms with Gasteiger partial charge in [0, 0.05) is 17.8 Å². The Labute approximate surface area is 111 Å². The maximum absolute atomic E-state index is 11.5. The Balaban J connectivity index is 2.67. The van der Waals surface area contributed by atoms with Crippen molar-refractivity contribution in [2.45, 2.75) is 0 Å². The maximum Gasteiger partial charge on any atom is 0.330 e. The number of esters is 1. The minimum Gasteiger partial charge on any atom is -0.466 e. The third kappa shape index (κ3) is 5.65. The lowest BCUT2D eigenvalue weighted by molar-refractivity contribution is -0.135. The number of nitrogens with one attached hydrogen (secondary N) is 1. The van der Waals surface area contributed by atoms with Gasteiger partial charge in [0.05, 0.1) is 13.7 Å². The van der Waals surface area contributed by atoms with Crippen molar-refractivity contribution < 1.29 is 19.4 Å². The first-order chi connectivity index (χ1) is 9.15. The summed E-state index contributed by atoms with van der Waals surface area (Å²) in [6, 6.07) is 9.24. The Kier molecular flexibility index (Phi) is 6.05. The summed E-state index contributed by atoms with van der Waals surface area (Å²) < 4.78 is 4.36. The number of carbonyl (C=O) groups is 2. The van der Waals surface area contributed by atoms with Gasteiger partial charge in [0.2, 0.25) is 5.91 Å². The minimum atomic E-state index is -0.618. The molecule has 1 rings (SSSR count). The van der Waals surface area contributed by atoms with Gasteiger partial charge >= 0.3 is 5.97 Å². The van der Waals surface area contributed by atoms with Crippen LogP contribution in [0.5, 0.6) is 0 Å². The van der Waals surface area contributed by atoms with E-state index in [2.05, 4.69) is 10.1 Å². The standard InChI is InChI=1S/C14H15NO4/c1-19-14(18)8-7-13(17)15-12(10-16)9-11-5-3-2-4-6-11/h2-9,16H,10H2,1H3,(H,15,17)/b8-7-,12-9-. The second-order valence-electron chi connectivity index (χ2n) is 3.58. The first-order valence-electron chi connectivity index (χ1n) is 5.59. The van der Waals surface area contributed by atoms with Crippen LogP contribution < -0.4 is 5.32 Å². The zero-order valence-corrected chi connectivity index (χ0v) is 10.5. The molecule has 0 fully saturated rings.